The van der Waals surface area contributed by atoms with Gasteiger partial charge in [-0.25, -0.2) is 4.79 Å². The monoisotopic (exact) mass is 669 g/mol. The molecular weight excluding hydrogens is 626 g/mol. The van der Waals surface area contributed by atoms with Crippen LogP contribution in [0.25, 0.3) is 0 Å². The van der Waals surface area contributed by atoms with Gasteiger partial charge in [-0.2, -0.15) is 0 Å². The predicted molar refractivity (Wildman–Crippen MR) is 188 cm³/mol. The van der Waals surface area contributed by atoms with E-state index in [0.717, 1.165) is 5.56 Å². The molecule has 5 rings (SSSR count). The quantitative estimate of drug-likeness (QED) is 0.144. The number of anilines is 4. The number of fused-ring (bicyclic) bond motifs is 1. The Morgan fingerprint density at radius 3 is 2.49 bits per heavy atom. The number of carbonyl (C=O) groups is 3. The van der Waals surface area contributed by atoms with E-state index in [-0.39, 0.29) is 36.0 Å². The van der Waals surface area contributed by atoms with Gasteiger partial charge in [0.25, 0.3) is 11.8 Å². The van der Waals surface area contributed by atoms with E-state index in [2.05, 4.69) is 26.0 Å². The smallest absolute Gasteiger partial charge is 0.323 e. The van der Waals surface area contributed by atoms with Crippen molar-refractivity contribution in [3.63, 3.8) is 0 Å². The molecule has 13 heteroatoms. The van der Waals surface area contributed by atoms with Gasteiger partial charge in [0.1, 0.15) is 23.2 Å². The molecule has 0 saturated heterocycles. The van der Waals surface area contributed by atoms with Crippen LogP contribution in [0.3, 0.4) is 0 Å². The SMILES string of the molecule is Cc1noc(C)c1NC(=O)Nc1ccc2c(c1)C(=O)N([C@H](C)CO)C[C@@H](C)[C@H](CN(C)Cc1ccc(C(=O)Nc3ccccc3N)cc1)O2. The van der Waals surface area contributed by atoms with E-state index >= 15 is 0 Å². The molecule has 49 heavy (non-hydrogen) atoms. The number of nitrogens with zero attached hydrogens (tertiary/aromatic N) is 3. The first kappa shape index (κ1) is 34.9. The highest BCUT2D eigenvalue weighted by molar-refractivity contribution is 6.06. The third-order valence-corrected chi connectivity index (χ3v) is 8.56. The maximum atomic E-state index is 13.8. The second-order valence-electron chi connectivity index (χ2n) is 12.5. The van der Waals surface area contributed by atoms with E-state index < -0.39 is 12.1 Å². The van der Waals surface area contributed by atoms with Crippen molar-refractivity contribution in [2.45, 2.75) is 46.4 Å². The number of rotatable bonds is 10. The molecule has 0 unspecified atom stereocenters. The molecule has 1 aromatic heterocycles. The molecule has 0 radical (unpaired) electrons. The zero-order chi connectivity index (χ0) is 35.2. The van der Waals surface area contributed by atoms with Crippen LogP contribution in [0.2, 0.25) is 0 Å². The van der Waals surface area contributed by atoms with Crippen molar-refractivity contribution in [3.05, 3.63) is 94.9 Å². The normalized spacial score (nSPS) is 16.6. The maximum Gasteiger partial charge on any atom is 0.323 e. The number of urea groups is 1. The number of aliphatic hydroxyl groups is 1. The molecule has 0 saturated carbocycles. The van der Waals surface area contributed by atoms with E-state index in [0.29, 0.717) is 65.2 Å². The summed E-state index contributed by atoms with van der Waals surface area (Å²) >= 11 is 0. The number of para-hydroxylation sites is 2. The first-order valence-electron chi connectivity index (χ1n) is 16.1. The van der Waals surface area contributed by atoms with Gasteiger partial charge in [0.2, 0.25) is 0 Å². The topological polar surface area (TPSA) is 175 Å². The second-order valence-corrected chi connectivity index (χ2v) is 12.5. The number of aromatic nitrogens is 1. The van der Waals surface area contributed by atoms with Gasteiger partial charge in [0, 0.05) is 36.8 Å². The van der Waals surface area contributed by atoms with Gasteiger partial charge in [0.05, 0.1) is 29.6 Å². The van der Waals surface area contributed by atoms with Crippen molar-refractivity contribution in [3.8, 4) is 5.75 Å². The summed E-state index contributed by atoms with van der Waals surface area (Å²) in [6, 6.07) is 18.5. The van der Waals surface area contributed by atoms with Crippen LogP contribution >= 0.6 is 0 Å². The molecule has 0 spiro atoms. The fraction of sp³-hybridized carbons (Fsp3) is 0.333. The van der Waals surface area contributed by atoms with Crippen LogP contribution in [-0.2, 0) is 6.54 Å². The van der Waals surface area contributed by atoms with Gasteiger partial charge in [0.15, 0.2) is 5.76 Å². The van der Waals surface area contributed by atoms with Gasteiger partial charge < -0.3 is 41.0 Å². The molecule has 6 N–H and O–H groups in total. The van der Waals surface area contributed by atoms with Crippen molar-refractivity contribution >= 4 is 40.6 Å². The molecule has 3 aromatic carbocycles. The number of benzene rings is 3. The van der Waals surface area contributed by atoms with E-state index in [1.807, 2.05) is 38.2 Å². The number of amides is 4. The van der Waals surface area contributed by atoms with Crippen LogP contribution in [-0.4, -0.2) is 76.8 Å². The number of likely N-dealkylation sites (N-methyl/N-ethyl adjacent to an activating group) is 1. The van der Waals surface area contributed by atoms with Crippen molar-refractivity contribution in [1.82, 2.24) is 15.0 Å². The van der Waals surface area contributed by atoms with Crippen molar-refractivity contribution in [1.29, 1.82) is 0 Å². The summed E-state index contributed by atoms with van der Waals surface area (Å²) in [5, 5.41) is 22.2. The molecule has 258 valence electrons. The number of nitrogens with two attached hydrogens (primary N) is 1. The number of nitrogens with one attached hydrogen (secondary N) is 3. The van der Waals surface area contributed by atoms with Crippen LogP contribution in [0.15, 0.2) is 71.3 Å². The lowest BCUT2D eigenvalue weighted by atomic mass is 9.99. The summed E-state index contributed by atoms with van der Waals surface area (Å²) in [4.78, 5) is 43.2. The Hall–Kier alpha value is -5.40. The third kappa shape index (κ3) is 8.37. The van der Waals surface area contributed by atoms with Crippen molar-refractivity contribution in [2.24, 2.45) is 5.92 Å². The molecule has 0 fully saturated rings. The van der Waals surface area contributed by atoms with Crippen molar-refractivity contribution in [2.75, 3.05) is 48.4 Å². The molecule has 13 nitrogen and oxygen atoms in total. The Morgan fingerprint density at radius 1 is 1.08 bits per heavy atom. The van der Waals surface area contributed by atoms with Crippen LogP contribution in [0.4, 0.5) is 27.5 Å². The molecule has 1 aliphatic heterocycles. The maximum absolute atomic E-state index is 13.8. The number of aryl methyl sites for hydroxylation is 2. The molecule has 4 aromatic rings. The Morgan fingerprint density at radius 2 is 1.82 bits per heavy atom. The van der Waals surface area contributed by atoms with Gasteiger partial charge in [-0.1, -0.05) is 36.3 Å². The molecule has 0 bridgehead atoms. The predicted octanol–water partition coefficient (Wildman–Crippen LogP) is 5.12. The van der Waals surface area contributed by atoms with E-state index in [9.17, 15) is 19.5 Å². The molecule has 0 aliphatic carbocycles. The van der Waals surface area contributed by atoms with E-state index in [1.54, 1.807) is 68.1 Å². The van der Waals surface area contributed by atoms with Gasteiger partial charge in [-0.15, -0.1) is 0 Å². The average Bonchev–Trinajstić information content (AvgIpc) is 3.39. The minimum atomic E-state index is -0.517. The zero-order valence-corrected chi connectivity index (χ0v) is 28.3. The van der Waals surface area contributed by atoms with Gasteiger partial charge in [-0.05, 0) is 75.8 Å². The lowest BCUT2D eigenvalue weighted by Crippen LogP contribution is -2.49. The number of nitrogen functional groups attached to an aromatic ring is 1. The first-order chi connectivity index (χ1) is 23.4. The summed E-state index contributed by atoms with van der Waals surface area (Å²) in [5.74, 6) is 0.232. The Balaban J connectivity index is 1.29. The first-order valence-corrected chi connectivity index (χ1v) is 16.1. The standard InChI is InChI=1S/C36H43N7O6/c1-21-17-43(22(2)20-44)35(46)28-16-27(38-36(47)40-33-23(3)41-49-24(33)4)14-15-31(28)48-32(21)19-42(5)18-25-10-12-26(13-11-25)34(45)39-30-9-7-6-8-29(30)37/h6-16,21-22,32,44H,17-20,37H2,1-5H3,(H,39,45)(H2,38,40,47)/t21-,22-,32+/m1/s1. The minimum Gasteiger partial charge on any atom is -0.488 e. The Labute approximate surface area is 285 Å². The molecule has 3 atom stereocenters. The highest BCUT2D eigenvalue weighted by Gasteiger charge is 2.33. The average molecular weight is 670 g/mol. The van der Waals surface area contributed by atoms with E-state index in [4.69, 9.17) is 15.0 Å². The summed E-state index contributed by atoms with van der Waals surface area (Å²) < 4.78 is 11.6. The molecular formula is C36H43N7O6. The number of aliphatic hydroxyl groups excluding tert-OH is 1. The van der Waals surface area contributed by atoms with E-state index in [1.165, 1.54) is 0 Å². The van der Waals surface area contributed by atoms with Gasteiger partial charge in [-0.3, -0.25) is 14.5 Å². The highest BCUT2D eigenvalue weighted by atomic mass is 16.5. The number of hydrogen-bond donors (Lipinski definition) is 5. The lowest BCUT2D eigenvalue weighted by molar-refractivity contribution is 0.0341. The van der Waals surface area contributed by atoms with Gasteiger partial charge >= 0.3 is 6.03 Å². The van der Waals surface area contributed by atoms with Crippen LogP contribution in [0.5, 0.6) is 5.75 Å². The van der Waals surface area contributed by atoms with Crippen LogP contribution < -0.4 is 26.4 Å². The Kier molecular flexibility index (Phi) is 10.8. The number of ether oxygens (including phenoxy) is 1. The summed E-state index contributed by atoms with van der Waals surface area (Å²) in [6.45, 7) is 8.52. The fourth-order valence-electron chi connectivity index (χ4n) is 5.71. The Bertz CT molecular complexity index is 1790. The molecule has 2 heterocycles. The fourth-order valence-corrected chi connectivity index (χ4v) is 5.71. The molecule has 4 amide bonds. The zero-order valence-electron chi connectivity index (χ0n) is 28.3. The summed E-state index contributed by atoms with van der Waals surface area (Å²) in [5.41, 5.74) is 10.2. The van der Waals surface area contributed by atoms with Crippen LogP contribution in [0, 0.1) is 19.8 Å². The summed E-state index contributed by atoms with van der Waals surface area (Å²) in [7, 11) is 1.98. The van der Waals surface area contributed by atoms with Crippen molar-refractivity contribution < 1.29 is 28.8 Å². The third-order valence-electron chi connectivity index (χ3n) is 8.56. The largest absolute Gasteiger partial charge is 0.488 e. The number of carbonyl (C=O) groups excluding carboxylic acids is 3. The highest BCUT2D eigenvalue weighted by Crippen LogP contribution is 2.31. The number of hydrogen-bond acceptors (Lipinski definition) is 9. The summed E-state index contributed by atoms with van der Waals surface area (Å²) in [6.07, 6.45) is -0.312. The van der Waals surface area contributed by atoms with Crippen LogP contribution in [0.1, 0.15) is 51.6 Å². The second kappa shape index (κ2) is 15.2. The minimum absolute atomic E-state index is 0.0799. The lowest BCUT2D eigenvalue weighted by Gasteiger charge is -2.38. The molecule has 1 aliphatic rings.